The molecule has 17 heavy (non-hydrogen) atoms. The van der Waals surface area contributed by atoms with Crippen molar-refractivity contribution in [3.05, 3.63) is 0 Å². The number of carbonyl (C=O) groups is 1. The molecule has 0 atom stereocenters. The van der Waals surface area contributed by atoms with Crippen LogP contribution in [-0.4, -0.2) is 84.7 Å². The van der Waals surface area contributed by atoms with Crippen molar-refractivity contribution in [2.75, 3.05) is 52.9 Å². The maximum atomic E-state index is 12.1. The van der Waals surface area contributed by atoms with Crippen LogP contribution >= 0.6 is 0 Å². The van der Waals surface area contributed by atoms with Crippen LogP contribution in [-0.2, 0) is 4.79 Å². The second-order valence-electron chi connectivity index (χ2n) is 5.11. The number of aliphatic hydroxyl groups is 1. The van der Waals surface area contributed by atoms with Gasteiger partial charge in [0.25, 0.3) is 0 Å². The Kier molecular flexibility index (Phi) is 4.36. The van der Waals surface area contributed by atoms with E-state index in [1.807, 2.05) is 4.90 Å². The highest BCUT2D eigenvalue weighted by atomic mass is 16.3. The SMILES string of the molecule is CN1CCN(C(=O)CN(CCO)C2CC2)CC1. The summed E-state index contributed by atoms with van der Waals surface area (Å²) in [6.07, 6.45) is 2.35. The number of aliphatic hydroxyl groups excluding tert-OH is 1. The van der Waals surface area contributed by atoms with Crippen molar-refractivity contribution < 1.29 is 9.90 Å². The summed E-state index contributed by atoms with van der Waals surface area (Å²) in [4.78, 5) is 18.4. The summed E-state index contributed by atoms with van der Waals surface area (Å²) in [7, 11) is 2.09. The van der Waals surface area contributed by atoms with Crippen LogP contribution in [0.15, 0.2) is 0 Å². The van der Waals surface area contributed by atoms with Gasteiger partial charge < -0.3 is 14.9 Å². The zero-order valence-corrected chi connectivity index (χ0v) is 10.6. The molecule has 2 aliphatic rings. The van der Waals surface area contributed by atoms with E-state index < -0.39 is 0 Å². The highest BCUT2D eigenvalue weighted by Crippen LogP contribution is 2.26. The van der Waals surface area contributed by atoms with E-state index in [-0.39, 0.29) is 12.5 Å². The first-order chi connectivity index (χ1) is 8.20. The molecule has 2 fully saturated rings. The highest BCUT2D eigenvalue weighted by Gasteiger charge is 2.31. The van der Waals surface area contributed by atoms with Gasteiger partial charge in [0.2, 0.25) is 5.91 Å². The molecule has 98 valence electrons. The molecule has 0 aromatic rings. The molecule has 1 aliphatic carbocycles. The zero-order valence-electron chi connectivity index (χ0n) is 10.6. The summed E-state index contributed by atoms with van der Waals surface area (Å²) < 4.78 is 0. The number of amides is 1. The van der Waals surface area contributed by atoms with Gasteiger partial charge in [0.15, 0.2) is 0 Å². The minimum Gasteiger partial charge on any atom is -0.395 e. The third-order valence-corrected chi connectivity index (χ3v) is 3.64. The van der Waals surface area contributed by atoms with Crippen LogP contribution in [0, 0.1) is 0 Å². The van der Waals surface area contributed by atoms with Gasteiger partial charge >= 0.3 is 0 Å². The maximum absolute atomic E-state index is 12.1. The highest BCUT2D eigenvalue weighted by molar-refractivity contribution is 5.78. The second kappa shape index (κ2) is 5.80. The lowest BCUT2D eigenvalue weighted by molar-refractivity contribution is -0.134. The van der Waals surface area contributed by atoms with Gasteiger partial charge in [-0.3, -0.25) is 9.69 Å². The molecule has 0 aromatic heterocycles. The number of likely N-dealkylation sites (N-methyl/N-ethyl adjacent to an activating group) is 1. The molecule has 2 rings (SSSR count). The van der Waals surface area contributed by atoms with Crippen LogP contribution in [0.2, 0.25) is 0 Å². The number of hydrogen-bond acceptors (Lipinski definition) is 4. The number of piperazine rings is 1. The number of carbonyl (C=O) groups excluding carboxylic acids is 1. The van der Waals surface area contributed by atoms with E-state index in [2.05, 4.69) is 16.8 Å². The fourth-order valence-electron chi connectivity index (χ4n) is 2.29. The first-order valence-electron chi connectivity index (χ1n) is 6.52. The minimum atomic E-state index is 0.145. The van der Waals surface area contributed by atoms with E-state index in [0.29, 0.717) is 19.1 Å². The van der Waals surface area contributed by atoms with E-state index >= 15 is 0 Å². The molecule has 0 bridgehead atoms. The van der Waals surface area contributed by atoms with E-state index in [4.69, 9.17) is 5.11 Å². The summed E-state index contributed by atoms with van der Waals surface area (Å²) in [6, 6.07) is 0.540. The fourth-order valence-corrected chi connectivity index (χ4v) is 2.29. The van der Waals surface area contributed by atoms with E-state index in [1.54, 1.807) is 0 Å². The molecule has 1 aliphatic heterocycles. The van der Waals surface area contributed by atoms with Gasteiger partial charge in [0, 0.05) is 38.8 Å². The maximum Gasteiger partial charge on any atom is 0.236 e. The van der Waals surface area contributed by atoms with Crippen molar-refractivity contribution in [3.63, 3.8) is 0 Å². The normalized spacial score (nSPS) is 22.2. The lowest BCUT2D eigenvalue weighted by Gasteiger charge is -2.34. The minimum absolute atomic E-state index is 0.145. The van der Waals surface area contributed by atoms with Gasteiger partial charge in [0.05, 0.1) is 13.2 Å². The van der Waals surface area contributed by atoms with Crippen LogP contribution in [0.3, 0.4) is 0 Å². The summed E-state index contributed by atoms with van der Waals surface area (Å²) >= 11 is 0. The Morgan fingerprint density at radius 1 is 1.29 bits per heavy atom. The third kappa shape index (κ3) is 3.66. The predicted molar refractivity (Wildman–Crippen MR) is 65.8 cm³/mol. The summed E-state index contributed by atoms with van der Waals surface area (Å²) in [5, 5.41) is 9.00. The molecule has 1 saturated heterocycles. The smallest absolute Gasteiger partial charge is 0.236 e. The van der Waals surface area contributed by atoms with Crippen molar-refractivity contribution in [1.82, 2.24) is 14.7 Å². The van der Waals surface area contributed by atoms with Crippen LogP contribution in [0.5, 0.6) is 0 Å². The lowest BCUT2D eigenvalue weighted by Crippen LogP contribution is -2.50. The van der Waals surface area contributed by atoms with Crippen LogP contribution in [0.1, 0.15) is 12.8 Å². The molecule has 1 saturated carbocycles. The average molecular weight is 241 g/mol. The van der Waals surface area contributed by atoms with Crippen LogP contribution in [0.25, 0.3) is 0 Å². The Hall–Kier alpha value is -0.650. The Morgan fingerprint density at radius 2 is 1.94 bits per heavy atom. The number of nitrogens with zero attached hydrogens (tertiary/aromatic N) is 3. The molecule has 1 heterocycles. The lowest BCUT2D eigenvalue weighted by atomic mass is 10.3. The van der Waals surface area contributed by atoms with Crippen LogP contribution < -0.4 is 0 Å². The van der Waals surface area contributed by atoms with Gasteiger partial charge in [-0.25, -0.2) is 0 Å². The van der Waals surface area contributed by atoms with Gasteiger partial charge in [-0.15, -0.1) is 0 Å². The van der Waals surface area contributed by atoms with E-state index in [1.165, 1.54) is 12.8 Å². The Bertz CT molecular complexity index is 260. The van der Waals surface area contributed by atoms with Gasteiger partial charge in [0.1, 0.15) is 0 Å². The molecular formula is C12H23N3O2. The Balaban J connectivity index is 1.78. The van der Waals surface area contributed by atoms with Crippen LogP contribution in [0.4, 0.5) is 0 Å². The largest absolute Gasteiger partial charge is 0.395 e. The number of rotatable bonds is 5. The summed E-state index contributed by atoms with van der Waals surface area (Å²) in [5.41, 5.74) is 0. The monoisotopic (exact) mass is 241 g/mol. The number of hydrogen-bond donors (Lipinski definition) is 1. The van der Waals surface area contributed by atoms with E-state index in [9.17, 15) is 4.79 Å². The topological polar surface area (TPSA) is 47.0 Å². The molecular weight excluding hydrogens is 218 g/mol. The molecule has 0 aromatic carbocycles. The molecule has 1 amide bonds. The van der Waals surface area contributed by atoms with Crippen molar-refractivity contribution in [2.24, 2.45) is 0 Å². The van der Waals surface area contributed by atoms with Crippen molar-refractivity contribution in [2.45, 2.75) is 18.9 Å². The predicted octanol–water partition coefficient (Wildman–Crippen LogP) is -0.783. The van der Waals surface area contributed by atoms with Gasteiger partial charge in [-0.05, 0) is 19.9 Å². The molecule has 0 radical (unpaired) electrons. The molecule has 0 unspecified atom stereocenters. The Morgan fingerprint density at radius 3 is 2.47 bits per heavy atom. The fraction of sp³-hybridized carbons (Fsp3) is 0.917. The van der Waals surface area contributed by atoms with Crippen molar-refractivity contribution in [3.8, 4) is 0 Å². The first-order valence-corrected chi connectivity index (χ1v) is 6.52. The van der Waals surface area contributed by atoms with Gasteiger partial charge in [-0.2, -0.15) is 0 Å². The van der Waals surface area contributed by atoms with E-state index in [0.717, 1.165) is 26.2 Å². The molecule has 5 nitrogen and oxygen atoms in total. The quantitative estimate of drug-likeness (QED) is 0.686. The molecule has 0 spiro atoms. The average Bonchev–Trinajstić information content (AvgIpc) is 3.13. The standard InChI is InChI=1S/C12H23N3O2/c1-13-4-6-14(7-5-13)12(17)10-15(8-9-16)11-2-3-11/h11,16H,2-10H2,1H3. The van der Waals surface area contributed by atoms with Gasteiger partial charge in [-0.1, -0.05) is 0 Å². The molecule has 5 heteroatoms. The molecule has 1 N–H and O–H groups in total. The summed E-state index contributed by atoms with van der Waals surface area (Å²) in [6.45, 7) is 4.87. The zero-order chi connectivity index (χ0) is 12.3. The summed E-state index contributed by atoms with van der Waals surface area (Å²) in [5.74, 6) is 0.221. The van der Waals surface area contributed by atoms with Crippen molar-refractivity contribution >= 4 is 5.91 Å². The second-order valence-corrected chi connectivity index (χ2v) is 5.11. The Labute approximate surface area is 103 Å². The first kappa shape index (κ1) is 12.8. The third-order valence-electron chi connectivity index (χ3n) is 3.64. The van der Waals surface area contributed by atoms with Crippen molar-refractivity contribution in [1.29, 1.82) is 0 Å².